The number of hydrogen-bond acceptors (Lipinski definition) is 1. The number of piperidine rings is 1. The summed E-state index contributed by atoms with van der Waals surface area (Å²) < 4.78 is 0. The van der Waals surface area contributed by atoms with Crippen molar-refractivity contribution in [1.29, 1.82) is 0 Å². The van der Waals surface area contributed by atoms with E-state index in [9.17, 15) is 0 Å². The van der Waals surface area contributed by atoms with Gasteiger partial charge in [-0.3, -0.25) is 0 Å². The van der Waals surface area contributed by atoms with Gasteiger partial charge >= 0.3 is 0 Å². The molecule has 1 fully saturated rings. The Bertz CT molecular complexity index is 141. The Kier molecular flexibility index (Phi) is 5.88. The van der Waals surface area contributed by atoms with E-state index in [1.54, 1.807) is 0 Å². The molecular formula is C12H24ClN. The average molecular weight is 218 g/mol. The van der Waals surface area contributed by atoms with Crippen molar-refractivity contribution in [3.8, 4) is 0 Å². The highest BCUT2D eigenvalue weighted by atomic mass is 35.5. The van der Waals surface area contributed by atoms with E-state index in [0.29, 0.717) is 0 Å². The van der Waals surface area contributed by atoms with E-state index >= 15 is 0 Å². The largest absolute Gasteiger partial charge is 0.300 e. The van der Waals surface area contributed by atoms with Gasteiger partial charge in [-0.25, -0.2) is 0 Å². The van der Waals surface area contributed by atoms with Gasteiger partial charge in [0.05, 0.1) is 0 Å². The minimum absolute atomic E-state index is 0.743. The minimum atomic E-state index is 0.743. The van der Waals surface area contributed by atoms with E-state index in [2.05, 4.69) is 18.7 Å². The second kappa shape index (κ2) is 6.68. The van der Waals surface area contributed by atoms with E-state index in [0.717, 1.165) is 17.8 Å². The summed E-state index contributed by atoms with van der Waals surface area (Å²) in [6.45, 7) is 7.22. The fourth-order valence-electron chi connectivity index (χ4n) is 2.40. The summed E-state index contributed by atoms with van der Waals surface area (Å²) in [5.74, 6) is 1.61. The molecular weight excluding hydrogens is 194 g/mol. The topological polar surface area (TPSA) is 3.24 Å². The predicted molar refractivity (Wildman–Crippen MR) is 64.0 cm³/mol. The van der Waals surface area contributed by atoms with Crippen LogP contribution in [-0.4, -0.2) is 29.9 Å². The van der Waals surface area contributed by atoms with Gasteiger partial charge in [0.1, 0.15) is 0 Å². The van der Waals surface area contributed by atoms with E-state index in [4.69, 9.17) is 11.6 Å². The molecule has 0 aliphatic carbocycles. The Morgan fingerprint density at radius 2 is 1.79 bits per heavy atom. The van der Waals surface area contributed by atoms with Crippen LogP contribution < -0.4 is 0 Å². The summed E-state index contributed by atoms with van der Waals surface area (Å²) >= 11 is 5.87. The second-order valence-electron chi connectivity index (χ2n) is 4.86. The molecule has 1 unspecified atom stereocenters. The number of nitrogens with zero attached hydrogens (tertiary/aromatic N) is 1. The number of likely N-dealkylation sites (tertiary alicyclic amines) is 1. The second-order valence-corrected chi connectivity index (χ2v) is 5.24. The van der Waals surface area contributed by atoms with Gasteiger partial charge in [-0.15, -0.1) is 11.6 Å². The lowest BCUT2D eigenvalue weighted by atomic mass is 9.98. The normalized spacial score (nSPS) is 21.4. The molecule has 0 spiro atoms. The van der Waals surface area contributed by atoms with Crippen LogP contribution in [0.15, 0.2) is 0 Å². The fraction of sp³-hybridized carbons (Fsp3) is 1.00. The number of halogens is 1. The third-order valence-corrected chi connectivity index (χ3v) is 3.31. The summed E-state index contributed by atoms with van der Waals surface area (Å²) in [5.41, 5.74) is 0. The minimum Gasteiger partial charge on any atom is -0.300 e. The smallest absolute Gasteiger partial charge is 0.0238 e. The molecule has 2 heteroatoms. The lowest BCUT2D eigenvalue weighted by Crippen LogP contribution is -2.40. The van der Waals surface area contributed by atoms with Gasteiger partial charge in [0.15, 0.2) is 0 Å². The third-order valence-electron chi connectivity index (χ3n) is 3.09. The van der Waals surface area contributed by atoms with E-state index in [1.165, 1.54) is 45.2 Å². The lowest BCUT2D eigenvalue weighted by molar-refractivity contribution is 0.141. The molecule has 0 bridgehead atoms. The molecule has 84 valence electrons. The monoisotopic (exact) mass is 217 g/mol. The van der Waals surface area contributed by atoms with Crippen molar-refractivity contribution in [3.63, 3.8) is 0 Å². The molecule has 0 aromatic heterocycles. The van der Waals surface area contributed by atoms with Crippen LogP contribution in [0.1, 0.15) is 46.0 Å². The van der Waals surface area contributed by atoms with Crippen LogP contribution in [0.4, 0.5) is 0 Å². The van der Waals surface area contributed by atoms with Gasteiger partial charge in [-0.2, -0.15) is 0 Å². The van der Waals surface area contributed by atoms with Crippen molar-refractivity contribution in [2.45, 2.75) is 52.0 Å². The predicted octanol–water partition coefficient (Wildman–Crippen LogP) is 3.52. The van der Waals surface area contributed by atoms with Crippen molar-refractivity contribution in [2.24, 2.45) is 5.92 Å². The number of rotatable bonds is 5. The average Bonchev–Trinajstić information content (AvgIpc) is 2.18. The molecule has 1 saturated heterocycles. The molecule has 0 N–H and O–H groups in total. The van der Waals surface area contributed by atoms with Crippen LogP contribution in [0.5, 0.6) is 0 Å². The molecule has 1 aliphatic heterocycles. The number of hydrogen-bond donors (Lipinski definition) is 0. The summed E-state index contributed by atoms with van der Waals surface area (Å²) in [6.07, 6.45) is 6.67. The number of alkyl halides is 1. The van der Waals surface area contributed by atoms with Gasteiger partial charge in [-0.05, 0) is 44.7 Å². The van der Waals surface area contributed by atoms with Crippen molar-refractivity contribution in [1.82, 2.24) is 4.90 Å². The third kappa shape index (κ3) is 4.18. The van der Waals surface area contributed by atoms with Crippen molar-refractivity contribution in [3.05, 3.63) is 0 Å². The van der Waals surface area contributed by atoms with Crippen molar-refractivity contribution in [2.75, 3.05) is 19.0 Å². The molecule has 1 aliphatic rings. The summed E-state index contributed by atoms with van der Waals surface area (Å²) in [6, 6.07) is 0.743. The molecule has 0 aromatic rings. The van der Waals surface area contributed by atoms with Crippen LogP contribution in [0, 0.1) is 5.92 Å². The maximum atomic E-state index is 5.87. The molecule has 0 radical (unpaired) electrons. The molecule has 14 heavy (non-hydrogen) atoms. The van der Waals surface area contributed by atoms with E-state index < -0.39 is 0 Å². The maximum absolute atomic E-state index is 5.87. The first-order chi connectivity index (χ1) is 6.74. The van der Waals surface area contributed by atoms with Gasteiger partial charge in [0, 0.05) is 11.9 Å². The van der Waals surface area contributed by atoms with Gasteiger partial charge < -0.3 is 4.90 Å². The van der Waals surface area contributed by atoms with Crippen LogP contribution in [-0.2, 0) is 0 Å². The lowest BCUT2D eigenvalue weighted by Gasteiger charge is -2.35. The zero-order valence-electron chi connectivity index (χ0n) is 9.64. The highest BCUT2D eigenvalue weighted by Crippen LogP contribution is 2.20. The van der Waals surface area contributed by atoms with Crippen molar-refractivity contribution < 1.29 is 0 Å². The van der Waals surface area contributed by atoms with Gasteiger partial charge in [0.2, 0.25) is 0 Å². The molecule has 0 saturated carbocycles. The standard InChI is InChI=1S/C12H24ClN/c1-11(2)10-12(6-7-13)14-8-4-3-5-9-14/h11-12H,3-10H2,1-2H3. The van der Waals surface area contributed by atoms with Crippen molar-refractivity contribution >= 4 is 11.6 Å². The maximum Gasteiger partial charge on any atom is 0.0238 e. The fourth-order valence-corrected chi connectivity index (χ4v) is 2.66. The molecule has 1 nitrogen and oxygen atoms in total. The first-order valence-electron chi connectivity index (χ1n) is 6.04. The van der Waals surface area contributed by atoms with Crippen LogP contribution >= 0.6 is 11.6 Å². The Morgan fingerprint density at radius 3 is 2.29 bits per heavy atom. The highest BCUT2D eigenvalue weighted by molar-refractivity contribution is 6.17. The Balaban J connectivity index is 2.38. The quantitative estimate of drug-likeness (QED) is 0.637. The van der Waals surface area contributed by atoms with E-state index in [1.807, 2.05) is 0 Å². The Labute approximate surface area is 93.8 Å². The van der Waals surface area contributed by atoms with Gasteiger partial charge in [-0.1, -0.05) is 20.3 Å². The van der Waals surface area contributed by atoms with Crippen LogP contribution in [0.3, 0.4) is 0 Å². The summed E-state index contributed by atoms with van der Waals surface area (Å²) in [4.78, 5) is 2.66. The van der Waals surface area contributed by atoms with Crippen LogP contribution in [0.2, 0.25) is 0 Å². The summed E-state index contributed by atoms with van der Waals surface area (Å²) in [7, 11) is 0. The van der Waals surface area contributed by atoms with Gasteiger partial charge in [0.25, 0.3) is 0 Å². The molecule has 1 rings (SSSR count). The highest BCUT2D eigenvalue weighted by Gasteiger charge is 2.20. The molecule has 1 atom stereocenters. The van der Waals surface area contributed by atoms with E-state index in [-0.39, 0.29) is 0 Å². The Hall–Kier alpha value is 0.250. The summed E-state index contributed by atoms with van der Waals surface area (Å²) in [5, 5.41) is 0. The first-order valence-corrected chi connectivity index (χ1v) is 6.57. The Morgan fingerprint density at radius 1 is 1.14 bits per heavy atom. The zero-order valence-corrected chi connectivity index (χ0v) is 10.4. The zero-order chi connectivity index (χ0) is 10.4. The molecule has 0 amide bonds. The van der Waals surface area contributed by atoms with Crippen LogP contribution in [0.25, 0.3) is 0 Å². The first kappa shape index (κ1) is 12.3. The molecule has 0 aromatic carbocycles. The molecule has 1 heterocycles. The SMILES string of the molecule is CC(C)CC(CCCl)N1CCCCC1.